The molecule has 0 radical (unpaired) electrons. The van der Waals surface area contributed by atoms with Gasteiger partial charge in [0.2, 0.25) is 5.78 Å². The highest BCUT2D eigenvalue weighted by Gasteiger charge is 2.30. The minimum absolute atomic E-state index is 0.0377. The molecule has 1 aliphatic carbocycles. The summed E-state index contributed by atoms with van der Waals surface area (Å²) in [4.78, 5) is 23.2. The lowest BCUT2D eigenvalue weighted by atomic mass is 9.84. The number of hydrogen-bond donors (Lipinski definition) is 0. The van der Waals surface area contributed by atoms with Crippen molar-refractivity contribution in [1.29, 1.82) is 0 Å². The Hall–Kier alpha value is -0.640. The number of rotatable bonds is 3. The van der Waals surface area contributed by atoms with Crippen LogP contribution in [0, 0.1) is 11.8 Å². The zero-order valence-electron chi connectivity index (χ0n) is 9.88. The fourth-order valence-electron chi connectivity index (χ4n) is 1.81. The van der Waals surface area contributed by atoms with Gasteiger partial charge in [-0.25, -0.2) is 0 Å². The lowest BCUT2D eigenvalue weighted by molar-refractivity contribution is -0.141. The fraction of sp³-hybridized carbons (Fsp3) is 0.667. The Morgan fingerprint density at radius 1 is 1.56 bits per heavy atom. The molecule has 1 atom stereocenters. The average Bonchev–Trinajstić information content (AvgIpc) is 2.24. The molecular weight excluding hydrogens is 272 g/mol. The van der Waals surface area contributed by atoms with Gasteiger partial charge in [-0.05, 0) is 24.3 Å². The lowest BCUT2D eigenvalue weighted by Crippen LogP contribution is -2.26. The van der Waals surface area contributed by atoms with Crippen LogP contribution in [0.3, 0.4) is 0 Å². The quantitative estimate of drug-likeness (QED) is 0.592. The summed E-state index contributed by atoms with van der Waals surface area (Å²) in [5.41, 5.74) is 0.970. The van der Waals surface area contributed by atoms with E-state index in [9.17, 15) is 9.59 Å². The molecule has 4 heteroatoms. The summed E-state index contributed by atoms with van der Waals surface area (Å²) in [5.74, 6) is 0.0493. The van der Waals surface area contributed by atoms with Crippen molar-refractivity contribution in [1.82, 2.24) is 0 Å². The first-order valence-electron chi connectivity index (χ1n) is 5.51. The first-order valence-corrected chi connectivity index (χ1v) is 6.63. The first-order chi connectivity index (χ1) is 7.47. The van der Waals surface area contributed by atoms with E-state index in [0.29, 0.717) is 5.76 Å². The number of carbonyl (C=O) groups excluding carboxylic acids is 2. The van der Waals surface area contributed by atoms with Crippen LogP contribution in [0.15, 0.2) is 11.3 Å². The number of halogens is 1. The second kappa shape index (κ2) is 5.62. The summed E-state index contributed by atoms with van der Waals surface area (Å²) < 4.78 is 5.14. The fourth-order valence-corrected chi connectivity index (χ4v) is 1.92. The second-order valence-electron chi connectivity index (χ2n) is 4.42. The third kappa shape index (κ3) is 2.94. The Labute approximate surface area is 104 Å². The molecule has 0 N–H and O–H groups in total. The minimum atomic E-state index is -0.407. The van der Waals surface area contributed by atoms with Gasteiger partial charge in [-0.3, -0.25) is 9.59 Å². The molecule has 3 nitrogen and oxygen atoms in total. The molecule has 0 heterocycles. The highest BCUT2D eigenvalue weighted by atomic mass is 79.9. The number of carbonyl (C=O) groups is 2. The Kier molecular flexibility index (Phi) is 4.71. The van der Waals surface area contributed by atoms with Gasteiger partial charge < -0.3 is 4.74 Å². The molecule has 0 fully saturated rings. The summed E-state index contributed by atoms with van der Waals surface area (Å²) in [5, 5.41) is 0.115. The standard InChI is InChI=1S/C12H17BrO3/c1-7(2)9-5-4-8(3)11(15)12(9)16-10(14)6-13/h7-8H,4-6H2,1-3H3. The van der Waals surface area contributed by atoms with Gasteiger partial charge in [0.15, 0.2) is 5.76 Å². The van der Waals surface area contributed by atoms with Crippen LogP contribution in [0.25, 0.3) is 0 Å². The van der Waals surface area contributed by atoms with Gasteiger partial charge in [-0.15, -0.1) is 0 Å². The van der Waals surface area contributed by atoms with Gasteiger partial charge in [0.05, 0.1) is 0 Å². The Morgan fingerprint density at radius 3 is 2.69 bits per heavy atom. The number of allylic oxidation sites excluding steroid dienone is 2. The normalized spacial score (nSPS) is 21.6. The molecule has 1 unspecified atom stereocenters. The van der Waals surface area contributed by atoms with Crippen molar-refractivity contribution in [3.8, 4) is 0 Å². The van der Waals surface area contributed by atoms with Crippen molar-refractivity contribution < 1.29 is 14.3 Å². The van der Waals surface area contributed by atoms with Crippen LogP contribution in [-0.2, 0) is 14.3 Å². The van der Waals surface area contributed by atoms with E-state index in [4.69, 9.17) is 4.74 Å². The van der Waals surface area contributed by atoms with Gasteiger partial charge in [0, 0.05) is 5.92 Å². The molecule has 0 aromatic heterocycles. The van der Waals surface area contributed by atoms with Crippen LogP contribution in [0.2, 0.25) is 0 Å². The maximum Gasteiger partial charge on any atom is 0.322 e. The van der Waals surface area contributed by atoms with Gasteiger partial charge in [0.25, 0.3) is 0 Å². The van der Waals surface area contributed by atoms with Crippen LogP contribution in [0.4, 0.5) is 0 Å². The molecule has 90 valence electrons. The SMILES string of the molecule is CC(C)C1=C(OC(=O)CBr)C(=O)C(C)CC1. The average molecular weight is 289 g/mol. The Morgan fingerprint density at radius 2 is 2.19 bits per heavy atom. The van der Waals surface area contributed by atoms with E-state index in [2.05, 4.69) is 15.9 Å². The molecular formula is C12H17BrO3. The summed E-state index contributed by atoms with van der Waals surface area (Å²) in [6, 6.07) is 0. The van der Waals surface area contributed by atoms with E-state index in [1.165, 1.54) is 0 Å². The van der Waals surface area contributed by atoms with Gasteiger partial charge in [-0.1, -0.05) is 36.7 Å². The smallest absolute Gasteiger partial charge is 0.322 e. The van der Waals surface area contributed by atoms with Crippen LogP contribution in [-0.4, -0.2) is 17.1 Å². The van der Waals surface area contributed by atoms with E-state index in [1.807, 2.05) is 20.8 Å². The van der Waals surface area contributed by atoms with Gasteiger partial charge >= 0.3 is 5.97 Å². The zero-order valence-corrected chi connectivity index (χ0v) is 11.5. The summed E-state index contributed by atoms with van der Waals surface area (Å²) in [7, 11) is 0. The predicted octanol–water partition coefficient (Wildman–Crippen LogP) is 2.83. The lowest BCUT2D eigenvalue weighted by Gasteiger charge is -2.24. The molecule has 0 saturated heterocycles. The van der Waals surface area contributed by atoms with E-state index in [0.717, 1.165) is 18.4 Å². The zero-order chi connectivity index (χ0) is 12.3. The Balaban J connectivity index is 3.00. The third-order valence-corrected chi connectivity index (χ3v) is 3.29. The van der Waals surface area contributed by atoms with Crippen molar-refractivity contribution in [2.75, 3.05) is 5.33 Å². The number of Topliss-reactive ketones (excluding diaryl/α,β-unsaturated/α-hetero) is 1. The van der Waals surface area contributed by atoms with E-state index >= 15 is 0 Å². The molecule has 0 aromatic carbocycles. The van der Waals surface area contributed by atoms with Crippen molar-refractivity contribution in [2.24, 2.45) is 11.8 Å². The van der Waals surface area contributed by atoms with E-state index in [-0.39, 0.29) is 22.9 Å². The van der Waals surface area contributed by atoms with Crippen molar-refractivity contribution in [2.45, 2.75) is 33.6 Å². The molecule has 0 amide bonds. The van der Waals surface area contributed by atoms with Crippen molar-refractivity contribution in [3.05, 3.63) is 11.3 Å². The summed E-state index contributed by atoms with van der Waals surface area (Å²) >= 11 is 3.03. The first kappa shape index (κ1) is 13.4. The van der Waals surface area contributed by atoms with E-state index < -0.39 is 5.97 Å². The van der Waals surface area contributed by atoms with Crippen LogP contribution < -0.4 is 0 Å². The number of ketones is 1. The minimum Gasteiger partial charge on any atom is -0.422 e. The third-order valence-electron chi connectivity index (χ3n) is 2.83. The maximum absolute atomic E-state index is 11.9. The monoisotopic (exact) mass is 288 g/mol. The molecule has 0 saturated carbocycles. The van der Waals surface area contributed by atoms with Crippen molar-refractivity contribution in [3.63, 3.8) is 0 Å². The molecule has 0 bridgehead atoms. The molecule has 0 aromatic rings. The highest BCUT2D eigenvalue weighted by Crippen LogP contribution is 2.31. The number of alkyl halides is 1. The number of esters is 1. The number of hydrogen-bond acceptors (Lipinski definition) is 3. The maximum atomic E-state index is 11.9. The highest BCUT2D eigenvalue weighted by molar-refractivity contribution is 9.09. The second-order valence-corrected chi connectivity index (χ2v) is 4.98. The van der Waals surface area contributed by atoms with Crippen LogP contribution in [0.5, 0.6) is 0 Å². The molecule has 1 aliphatic rings. The van der Waals surface area contributed by atoms with E-state index in [1.54, 1.807) is 0 Å². The van der Waals surface area contributed by atoms with Crippen LogP contribution in [0.1, 0.15) is 33.6 Å². The molecule has 1 rings (SSSR count). The molecule has 16 heavy (non-hydrogen) atoms. The Bertz CT molecular complexity index is 331. The topological polar surface area (TPSA) is 43.4 Å². The van der Waals surface area contributed by atoms with Crippen molar-refractivity contribution >= 4 is 27.7 Å². The van der Waals surface area contributed by atoms with Gasteiger partial charge in [0.1, 0.15) is 5.33 Å². The summed E-state index contributed by atoms with van der Waals surface area (Å²) in [6.07, 6.45) is 1.69. The molecule has 0 aliphatic heterocycles. The predicted molar refractivity (Wildman–Crippen MR) is 65.2 cm³/mol. The van der Waals surface area contributed by atoms with Gasteiger partial charge in [-0.2, -0.15) is 0 Å². The molecule has 0 spiro atoms. The van der Waals surface area contributed by atoms with Crippen LogP contribution >= 0.6 is 15.9 Å². The number of ether oxygens (including phenoxy) is 1. The summed E-state index contributed by atoms with van der Waals surface area (Å²) in [6.45, 7) is 5.91. The largest absolute Gasteiger partial charge is 0.422 e.